The van der Waals surface area contributed by atoms with Crippen molar-refractivity contribution >= 4 is 11.6 Å². The van der Waals surface area contributed by atoms with Crippen molar-refractivity contribution in [2.24, 2.45) is 5.92 Å². The molecule has 1 spiro atoms. The summed E-state index contributed by atoms with van der Waals surface area (Å²) < 4.78 is 1.59. The molecule has 0 amide bonds. The Morgan fingerprint density at radius 1 is 1.29 bits per heavy atom. The van der Waals surface area contributed by atoms with Crippen LogP contribution in [0.2, 0.25) is 0 Å². The van der Waals surface area contributed by atoms with E-state index in [1.165, 1.54) is 11.1 Å². The fraction of sp³-hybridized carbons (Fsp3) is 0.429. The van der Waals surface area contributed by atoms with Crippen molar-refractivity contribution in [3.63, 3.8) is 0 Å². The van der Waals surface area contributed by atoms with Crippen LogP contribution < -0.4 is 5.32 Å². The predicted molar refractivity (Wildman–Crippen MR) is 103 cm³/mol. The topological polar surface area (TPSA) is 92.4 Å². The Labute approximate surface area is 162 Å². The summed E-state index contributed by atoms with van der Waals surface area (Å²) in [6.45, 7) is 2.66. The summed E-state index contributed by atoms with van der Waals surface area (Å²) in [6, 6.07) is 10.2. The highest BCUT2D eigenvalue weighted by molar-refractivity contribution is 5.94. The molecule has 3 heterocycles. The van der Waals surface area contributed by atoms with Crippen LogP contribution in [0.3, 0.4) is 0 Å². The maximum Gasteiger partial charge on any atom is 0.253 e. The number of nitrogens with zero attached hydrogens (tertiary/aromatic N) is 4. The fourth-order valence-electron chi connectivity index (χ4n) is 4.63. The highest BCUT2D eigenvalue weighted by atomic mass is 16.3. The Morgan fingerprint density at radius 3 is 2.89 bits per heavy atom. The number of fused-ring (bicyclic) bond motifs is 2. The maximum atomic E-state index is 13.0. The van der Waals surface area contributed by atoms with Gasteiger partial charge in [0.05, 0.1) is 6.10 Å². The number of benzene rings is 1. The van der Waals surface area contributed by atoms with E-state index >= 15 is 0 Å². The van der Waals surface area contributed by atoms with Gasteiger partial charge in [-0.3, -0.25) is 4.79 Å². The van der Waals surface area contributed by atoms with Gasteiger partial charge in [0.2, 0.25) is 11.6 Å². The number of hydrogen-bond donors (Lipinski definition) is 2. The third-order valence-electron chi connectivity index (χ3n) is 6.36. The van der Waals surface area contributed by atoms with Gasteiger partial charge < -0.3 is 10.4 Å². The molecule has 2 aromatic heterocycles. The second-order valence-corrected chi connectivity index (χ2v) is 8.04. The smallest absolute Gasteiger partial charge is 0.253 e. The molecule has 7 nitrogen and oxygen atoms in total. The van der Waals surface area contributed by atoms with Crippen molar-refractivity contribution in [3.8, 4) is 0 Å². The number of aliphatic hydroxyl groups is 1. The molecule has 1 saturated carbocycles. The lowest BCUT2D eigenvalue weighted by molar-refractivity contribution is -0.0000977. The van der Waals surface area contributed by atoms with Crippen LogP contribution in [0.15, 0.2) is 36.5 Å². The molecule has 1 unspecified atom stereocenters. The number of carbonyl (C=O) groups excluding carboxylic acids is 1. The van der Waals surface area contributed by atoms with Gasteiger partial charge in [-0.15, -0.1) is 5.10 Å². The van der Waals surface area contributed by atoms with Crippen molar-refractivity contribution < 1.29 is 9.90 Å². The number of Topliss-reactive ketones (excluding diaryl/α,β-unsaturated/α-hetero) is 1. The Kier molecular flexibility index (Phi) is 4.03. The number of aryl methyl sites for hydroxylation is 1. The van der Waals surface area contributed by atoms with Gasteiger partial charge in [-0.05, 0) is 49.8 Å². The normalized spacial score (nSPS) is 27.1. The van der Waals surface area contributed by atoms with Gasteiger partial charge in [0, 0.05) is 29.9 Å². The lowest BCUT2D eigenvalue weighted by Gasteiger charge is -2.47. The molecule has 0 bridgehead atoms. The van der Waals surface area contributed by atoms with Gasteiger partial charge in [0.1, 0.15) is 0 Å². The Balaban J connectivity index is 1.35. The molecule has 1 aromatic carbocycles. The lowest BCUT2D eigenvalue weighted by Crippen LogP contribution is -2.60. The largest absolute Gasteiger partial charge is 0.391 e. The van der Waals surface area contributed by atoms with E-state index in [1.807, 2.05) is 25.1 Å². The third kappa shape index (κ3) is 2.73. The summed E-state index contributed by atoms with van der Waals surface area (Å²) in [5.74, 6) is 0.256. The number of nitrogens with one attached hydrogen (secondary N) is 1. The number of carbonyl (C=O) groups is 1. The highest BCUT2D eigenvalue weighted by Gasteiger charge is 2.46. The Morgan fingerprint density at radius 2 is 2.11 bits per heavy atom. The SMILES string of the molecule is Cc1ccnc2nc(C(=O)C3CC[C@]4(Cc5ccccc5CN4)[C@H](O)C3)nn12. The first-order valence-corrected chi connectivity index (χ1v) is 9.78. The van der Waals surface area contributed by atoms with E-state index in [2.05, 4.69) is 32.5 Å². The Hall–Kier alpha value is -2.64. The first kappa shape index (κ1) is 17.5. The van der Waals surface area contributed by atoms with Crippen LogP contribution in [0.4, 0.5) is 0 Å². The molecular weight excluding hydrogens is 354 g/mol. The number of ketones is 1. The van der Waals surface area contributed by atoms with E-state index in [0.717, 1.165) is 25.1 Å². The standard InChI is InChI=1S/C21H23N5O2/c1-13-7-9-22-20-24-19(25-26(13)20)18(28)14-6-8-21(17(27)10-14)11-15-4-2-3-5-16(15)12-23-21/h2-5,7,9,14,17,23,27H,6,8,10-12H2,1H3/t14?,17-,21+/m1/s1. The van der Waals surface area contributed by atoms with E-state index in [-0.39, 0.29) is 23.1 Å². The van der Waals surface area contributed by atoms with Gasteiger partial charge in [0.15, 0.2) is 0 Å². The molecule has 1 aliphatic carbocycles. The summed E-state index contributed by atoms with van der Waals surface area (Å²) in [5.41, 5.74) is 3.10. The van der Waals surface area contributed by atoms with E-state index in [0.29, 0.717) is 18.6 Å². The second kappa shape index (κ2) is 6.46. The average Bonchev–Trinajstić information content (AvgIpc) is 3.15. The van der Waals surface area contributed by atoms with Crippen molar-refractivity contribution in [2.75, 3.05) is 0 Å². The maximum absolute atomic E-state index is 13.0. The molecule has 5 rings (SSSR count). The third-order valence-corrected chi connectivity index (χ3v) is 6.36. The summed E-state index contributed by atoms with van der Waals surface area (Å²) >= 11 is 0. The van der Waals surface area contributed by atoms with Crippen LogP contribution in [0.5, 0.6) is 0 Å². The molecule has 1 aliphatic heterocycles. The molecule has 0 saturated heterocycles. The molecule has 3 atom stereocenters. The van der Waals surface area contributed by atoms with Gasteiger partial charge in [-0.2, -0.15) is 4.98 Å². The second-order valence-electron chi connectivity index (χ2n) is 8.04. The van der Waals surface area contributed by atoms with Crippen molar-refractivity contribution in [3.05, 3.63) is 59.2 Å². The number of aliphatic hydroxyl groups excluding tert-OH is 1. The molecule has 2 N–H and O–H groups in total. The molecule has 0 radical (unpaired) electrons. The van der Waals surface area contributed by atoms with E-state index in [9.17, 15) is 9.90 Å². The molecule has 144 valence electrons. The highest BCUT2D eigenvalue weighted by Crippen LogP contribution is 2.38. The van der Waals surface area contributed by atoms with Crippen LogP contribution in [0.25, 0.3) is 5.78 Å². The van der Waals surface area contributed by atoms with Crippen LogP contribution in [0.1, 0.15) is 46.7 Å². The molecule has 2 aliphatic rings. The zero-order chi connectivity index (χ0) is 19.3. The average molecular weight is 377 g/mol. The summed E-state index contributed by atoms with van der Waals surface area (Å²) in [4.78, 5) is 21.5. The van der Waals surface area contributed by atoms with Crippen molar-refractivity contribution in [1.29, 1.82) is 0 Å². The number of aromatic nitrogens is 4. The number of hydrogen-bond acceptors (Lipinski definition) is 6. The zero-order valence-electron chi connectivity index (χ0n) is 15.8. The van der Waals surface area contributed by atoms with E-state index < -0.39 is 6.10 Å². The van der Waals surface area contributed by atoms with Crippen molar-refractivity contribution in [1.82, 2.24) is 24.9 Å². The first-order chi connectivity index (χ1) is 13.6. The predicted octanol–water partition coefficient (Wildman–Crippen LogP) is 1.86. The molecular formula is C21H23N5O2. The molecule has 3 aromatic rings. The molecule has 7 heteroatoms. The van der Waals surface area contributed by atoms with Crippen LogP contribution in [-0.4, -0.2) is 42.1 Å². The first-order valence-electron chi connectivity index (χ1n) is 9.78. The van der Waals surface area contributed by atoms with Gasteiger partial charge in [0.25, 0.3) is 5.78 Å². The van der Waals surface area contributed by atoms with Crippen LogP contribution in [-0.2, 0) is 13.0 Å². The lowest BCUT2D eigenvalue weighted by atomic mass is 9.68. The fourth-order valence-corrected chi connectivity index (χ4v) is 4.63. The zero-order valence-corrected chi connectivity index (χ0v) is 15.8. The summed E-state index contributed by atoms with van der Waals surface area (Å²) in [7, 11) is 0. The van der Waals surface area contributed by atoms with Crippen molar-refractivity contribution in [2.45, 2.75) is 50.8 Å². The van der Waals surface area contributed by atoms with E-state index in [4.69, 9.17) is 0 Å². The molecule has 28 heavy (non-hydrogen) atoms. The van der Waals surface area contributed by atoms with Crippen LogP contribution in [0, 0.1) is 12.8 Å². The minimum Gasteiger partial charge on any atom is -0.391 e. The summed E-state index contributed by atoms with van der Waals surface area (Å²) in [5, 5.41) is 18.9. The van der Waals surface area contributed by atoms with E-state index in [1.54, 1.807) is 10.7 Å². The quantitative estimate of drug-likeness (QED) is 0.663. The number of rotatable bonds is 2. The minimum atomic E-state index is -0.583. The van der Waals surface area contributed by atoms with Crippen LogP contribution >= 0.6 is 0 Å². The van der Waals surface area contributed by atoms with Gasteiger partial charge in [-0.1, -0.05) is 24.3 Å². The van der Waals surface area contributed by atoms with Gasteiger partial charge in [-0.25, -0.2) is 9.50 Å². The minimum absolute atomic E-state index is 0.102. The molecule has 1 fully saturated rings. The Bertz CT molecular complexity index is 1060. The summed E-state index contributed by atoms with van der Waals surface area (Å²) in [6.07, 6.45) is 3.77. The van der Waals surface area contributed by atoms with Gasteiger partial charge >= 0.3 is 0 Å². The monoisotopic (exact) mass is 377 g/mol.